The molecule has 1 heterocycles. The highest BCUT2D eigenvalue weighted by Crippen LogP contribution is 2.44. The van der Waals surface area contributed by atoms with Crippen molar-refractivity contribution in [2.45, 2.75) is 64.7 Å². The molecule has 0 radical (unpaired) electrons. The number of ketones is 1. The Hall–Kier alpha value is -0.410. The lowest BCUT2D eigenvalue weighted by Crippen LogP contribution is -2.51. The molecular formula is C14H27NO2. The third-order valence-corrected chi connectivity index (χ3v) is 4.11. The number of carbonyl (C=O) groups is 1. The van der Waals surface area contributed by atoms with E-state index in [1.807, 2.05) is 46.7 Å². The first-order valence-electron chi connectivity index (χ1n) is 6.32. The van der Waals surface area contributed by atoms with Crippen molar-refractivity contribution < 1.29 is 9.53 Å². The maximum absolute atomic E-state index is 12.7. The third kappa shape index (κ3) is 2.71. The molecule has 1 aliphatic rings. The summed E-state index contributed by atoms with van der Waals surface area (Å²) in [5.41, 5.74) is -1.01. The van der Waals surface area contributed by atoms with E-state index in [0.717, 1.165) is 6.42 Å². The summed E-state index contributed by atoms with van der Waals surface area (Å²) in [6.07, 6.45) is 0.802. The van der Waals surface area contributed by atoms with Crippen molar-refractivity contribution >= 4 is 5.78 Å². The first-order valence-corrected chi connectivity index (χ1v) is 6.32. The summed E-state index contributed by atoms with van der Waals surface area (Å²) in [7, 11) is 3.90. The van der Waals surface area contributed by atoms with Crippen molar-refractivity contribution in [2.24, 2.45) is 5.92 Å². The number of ether oxygens (including phenoxy) is 1. The Bertz CT molecular complexity index is 316. The molecule has 0 aromatic carbocycles. The van der Waals surface area contributed by atoms with Crippen LogP contribution >= 0.6 is 0 Å². The highest BCUT2D eigenvalue weighted by molar-refractivity contribution is 5.90. The maximum atomic E-state index is 12.7. The SMILES string of the molecule is CN(C)C(C)(C)C(=O)C1CC(C)(C)OC1(C)C. The van der Waals surface area contributed by atoms with Crippen molar-refractivity contribution in [1.82, 2.24) is 4.90 Å². The molecule has 17 heavy (non-hydrogen) atoms. The predicted octanol–water partition coefficient (Wildman–Crippen LogP) is 2.49. The van der Waals surface area contributed by atoms with Crippen LogP contribution in [0.2, 0.25) is 0 Å². The molecule has 0 spiro atoms. The molecule has 1 unspecified atom stereocenters. The molecule has 1 rings (SSSR count). The third-order valence-electron chi connectivity index (χ3n) is 4.11. The van der Waals surface area contributed by atoms with Gasteiger partial charge in [-0.2, -0.15) is 0 Å². The Kier molecular flexibility index (Phi) is 3.50. The largest absolute Gasteiger partial charge is 0.369 e. The van der Waals surface area contributed by atoms with Gasteiger partial charge in [0.2, 0.25) is 0 Å². The summed E-state index contributed by atoms with van der Waals surface area (Å²) in [5.74, 6) is 0.243. The van der Waals surface area contributed by atoms with Crippen LogP contribution in [-0.4, -0.2) is 41.5 Å². The van der Waals surface area contributed by atoms with Gasteiger partial charge in [-0.05, 0) is 62.1 Å². The summed E-state index contributed by atoms with van der Waals surface area (Å²) in [5, 5.41) is 0. The highest BCUT2D eigenvalue weighted by atomic mass is 16.5. The monoisotopic (exact) mass is 241 g/mol. The van der Waals surface area contributed by atoms with E-state index in [1.54, 1.807) is 0 Å². The Labute approximate surface area is 106 Å². The van der Waals surface area contributed by atoms with Crippen LogP contribution in [0, 0.1) is 5.92 Å². The molecule has 1 atom stereocenters. The van der Waals surface area contributed by atoms with E-state index < -0.39 is 5.54 Å². The van der Waals surface area contributed by atoms with E-state index in [2.05, 4.69) is 13.8 Å². The number of carbonyl (C=O) groups excluding carboxylic acids is 1. The summed E-state index contributed by atoms with van der Waals surface area (Å²) < 4.78 is 6.01. The van der Waals surface area contributed by atoms with Crippen molar-refractivity contribution in [3.8, 4) is 0 Å². The molecule has 0 aromatic heterocycles. The number of likely N-dealkylation sites (N-methyl/N-ethyl adjacent to an activating group) is 1. The van der Waals surface area contributed by atoms with Gasteiger partial charge in [0.1, 0.15) is 0 Å². The van der Waals surface area contributed by atoms with E-state index in [4.69, 9.17) is 4.74 Å². The molecule has 0 aliphatic carbocycles. The molecule has 0 N–H and O–H groups in total. The van der Waals surface area contributed by atoms with Gasteiger partial charge in [0.15, 0.2) is 5.78 Å². The maximum Gasteiger partial charge on any atom is 0.158 e. The van der Waals surface area contributed by atoms with Gasteiger partial charge in [0.25, 0.3) is 0 Å². The number of hydrogen-bond donors (Lipinski definition) is 0. The zero-order chi connectivity index (χ0) is 13.6. The minimum atomic E-state index is -0.439. The van der Waals surface area contributed by atoms with E-state index in [1.165, 1.54) is 0 Å². The molecule has 0 aromatic rings. The molecular weight excluding hydrogens is 214 g/mol. The number of nitrogens with zero attached hydrogens (tertiary/aromatic N) is 1. The van der Waals surface area contributed by atoms with Crippen LogP contribution in [0.1, 0.15) is 48.0 Å². The molecule has 1 aliphatic heterocycles. The van der Waals surface area contributed by atoms with E-state index in [-0.39, 0.29) is 22.9 Å². The lowest BCUT2D eigenvalue weighted by Gasteiger charge is -2.36. The summed E-state index contributed by atoms with van der Waals surface area (Å²) >= 11 is 0. The lowest BCUT2D eigenvalue weighted by molar-refractivity contribution is -0.138. The Balaban J connectivity index is 2.99. The first kappa shape index (κ1) is 14.7. The number of rotatable bonds is 3. The fraction of sp³-hybridized carbons (Fsp3) is 0.929. The normalized spacial score (nSPS) is 27.5. The van der Waals surface area contributed by atoms with Crippen LogP contribution in [0.15, 0.2) is 0 Å². The van der Waals surface area contributed by atoms with Crippen molar-refractivity contribution in [3.05, 3.63) is 0 Å². The zero-order valence-electron chi connectivity index (χ0n) is 12.5. The quantitative estimate of drug-likeness (QED) is 0.760. The van der Waals surface area contributed by atoms with Gasteiger partial charge in [-0.25, -0.2) is 0 Å². The van der Waals surface area contributed by atoms with Gasteiger partial charge in [-0.3, -0.25) is 9.69 Å². The van der Waals surface area contributed by atoms with Crippen LogP contribution in [0.5, 0.6) is 0 Å². The molecule has 1 fully saturated rings. The summed E-state index contributed by atoms with van der Waals surface area (Å²) in [4.78, 5) is 14.7. The molecule has 0 bridgehead atoms. The van der Waals surface area contributed by atoms with Gasteiger partial charge in [0, 0.05) is 0 Å². The van der Waals surface area contributed by atoms with Crippen LogP contribution in [0.4, 0.5) is 0 Å². The number of hydrogen-bond acceptors (Lipinski definition) is 3. The van der Waals surface area contributed by atoms with E-state index in [0.29, 0.717) is 0 Å². The van der Waals surface area contributed by atoms with Gasteiger partial charge < -0.3 is 4.74 Å². The van der Waals surface area contributed by atoms with Gasteiger partial charge >= 0.3 is 0 Å². The summed E-state index contributed by atoms with van der Waals surface area (Å²) in [6.45, 7) is 12.1. The molecule has 0 amide bonds. The van der Waals surface area contributed by atoms with Gasteiger partial charge in [-0.1, -0.05) is 0 Å². The second kappa shape index (κ2) is 4.06. The van der Waals surface area contributed by atoms with Gasteiger partial charge in [-0.15, -0.1) is 0 Å². The molecule has 0 saturated carbocycles. The lowest BCUT2D eigenvalue weighted by atomic mass is 9.77. The van der Waals surface area contributed by atoms with Crippen LogP contribution in [0.25, 0.3) is 0 Å². The highest BCUT2D eigenvalue weighted by Gasteiger charge is 2.52. The Morgan fingerprint density at radius 1 is 1.24 bits per heavy atom. The summed E-state index contributed by atoms with van der Waals surface area (Å²) in [6, 6.07) is 0. The van der Waals surface area contributed by atoms with Crippen LogP contribution < -0.4 is 0 Å². The molecule has 3 nitrogen and oxygen atoms in total. The standard InChI is InChI=1S/C14H27NO2/c1-12(2)9-10(14(5,6)17-12)11(16)13(3,4)15(7)8/h10H,9H2,1-8H3. The van der Waals surface area contributed by atoms with Crippen LogP contribution in [-0.2, 0) is 9.53 Å². The predicted molar refractivity (Wildman–Crippen MR) is 70.1 cm³/mol. The van der Waals surface area contributed by atoms with Crippen molar-refractivity contribution in [3.63, 3.8) is 0 Å². The molecule has 3 heteroatoms. The Morgan fingerprint density at radius 3 is 2.00 bits per heavy atom. The van der Waals surface area contributed by atoms with Crippen molar-refractivity contribution in [2.75, 3.05) is 14.1 Å². The topological polar surface area (TPSA) is 29.5 Å². The van der Waals surface area contributed by atoms with Gasteiger partial charge in [0.05, 0.1) is 22.7 Å². The fourth-order valence-corrected chi connectivity index (χ4v) is 2.62. The average Bonchev–Trinajstić information content (AvgIpc) is 2.32. The average molecular weight is 241 g/mol. The second-order valence-corrected chi connectivity index (χ2v) is 7.04. The minimum Gasteiger partial charge on any atom is -0.369 e. The molecule has 100 valence electrons. The minimum absolute atomic E-state index is 0.0325. The van der Waals surface area contributed by atoms with E-state index in [9.17, 15) is 4.79 Å². The first-order chi connectivity index (χ1) is 7.40. The fourth-order valence-electron chi connectivity index (χ4n) is 2.62. The molecule has 1 saturated heterocycles. The van der Waals surface area contributed by atoms with Crippen molar-refractivity contribution in [1.29, 1.82) is 0 Å². The van der Waals surface area contributed by atoms with Crippen LogP contribution in [0.3, 0.4) is 0 Å². The Morgan fingerprint density at radius 2 is 1.71 bits per heavy atom. The second-order valence-electron chi connectivity index (χ2n) is 7.04. The van der Waals surface area contributed by atoms with E-state index >= 15 is 0 Å². The smallest absolute Gasteiger partial charge is 0.158 e. The zero-order valence-corrected chi connectivity index (χ0v) is 12.5. The number of Topliss-reactive ketones (excluding diaryl/α,β-unsaturated/α-hetero) is 1.